The first-order chi connectivity index (χ1) is 15.6. The van der Waals surface area contributed by atoms with E-state index in [9.17, 15) is 14.7 Å². The van der Waals surface area contributed by atoms with E-state index in [4.69, 9.17) is 9.47 Å². The predicted molar refractivity (Wildman–Crippen MR) is 124 cm³/mol. The Morgan fingerprint density at radius 3 is 2.31 bits per heavy atom. The lowest BCUT2D eigenvalue weighted by Crippen LogP contribution is -2.00. The molecule has 0 saturated carbocycles. The first-order valence-corrected chi connectivity index (χ1v) is 10.6. The molecule has 0 amide bonds. The summed E-state index contributed by atoms with van der Waals surface area (Å²) < 4.78 is 11.9. The molecule has 1 N–H and O–H groups in total. The molecule has 6 heteroatoms. The second-order valence-corrected chi connectivity index (χ2v) is 8.18. The number of ether oxygens (including phenoxy) is 2. The Morgan fingerprint density at radius 1 is 0.844 bits per heavy atom. The Bertz CT molecular complexity index is 1470. The van der Waals surface area contributed by atoms with Crippen LogP contribution in [0.1, 0.15) is 15.2 Å². The standard InChI is InChI=1S/C26H16O5S/c27-15-30-20-9-6-18-13-21(10-7-17(18)12-20)31-25-22-11-8-19(28)14-23(22)32-26(25)24(29)16-4-2-1-3-5-16/h1-15,28H. The van der Waals surface area contributed by atoms with Crippen LogP contribution in [0.3, 0.4) is 0 Å². The normalized spacial score (nSPS) is 10.9. The zero-order chi connectivity index (χ0) is 22.1. The van der Waals surface area contributed by atoms with Crippen LogP contribution in [0.5, 0.6) is 23.0 Å². The molecule has 156 valence electrons. The van der Waals surface area contributed by atoms with E-state index in [1.165, 1.54) is 11.3 Å². The van der Waals surface area contributed by atoms with Gasteiger partial charge in [-0.3, -0.25) is 9.59 Å². The third-order valence-electron chi connectivity index (χ3n) is 5.06. The van der Waals surface area contributed by atoms with Crippen molar-refractivity contribution in [2.45, 2.75) is 0 Å². The summed E-state index contributed by atoms with van der Waals surface area (Å²) in [5, 5.41) is 12.4. The first-order valence-electron chi connectivity index (χ1n) is 9.79. The van der Waals surface area contributed by atoms with Crippen molar-refractivity contribution < 1.29 is 24.2 Å². The van der Waals surface area contributed by atoms with Gasteiger partial charge in [-0.15, -0.1) is 11.3 Å². The molecule has 0 fully saturated rings. The molecule has 0 unspecified atom stereocenters. The summed E-state index contributed by atoms with van der Waals surface area (Å²) in [5.74, 6) is 1.47. The van der Waals surface area contributed by atoms with E-state index < -0.39 is 0 Å². The average Bonchev–Trinajstić information content (AvgIpc) is 3.16. The molecule has 0 bridgehead atoms. The molecule has 5 rings (SSSR count). The third-order valence-corrected chi connectivity index (χ3v) is 6.19. The summed E-state index contributed by atoms with van der Waals surface area (Å²) >= 11 is 1.29. The van der Waals surface area contributed by atoms with Gasteiger partial charge in [0.2, 0.25) is 5.78 Å². The van der Waals surface area contributed by atoms with Gasteiger partial charge in [0, 0.05) is 15.6 Å². The minimum Gasteiger partial charge on any atom is -0.508 e. The molecule has 1 aromatic heterocycles. The van der Waals surface area contributed by atoms with E-state index in [0.29, 0.717) is 34.2 Å². The molecular weight excluding hydrogens is 424 g/mol. The number of rotatable bonds is 6. The van der Waals surface area contributed by atoms with E-state index in [-0.39, 0.29) is 11.5 Å². The van der Waals surface area contributed by atoms with Crippen LogP contribution in [0.15, 0.2) is 84.9 Å². The van der Waals surface area contributed by atoms with E-state index >= 15 is 0 Å². The highest BCUT2D eigenvalue weighted by Crippen LogP contribution is 2.43. The molecule has 1 heterocycles. The van der Waals surface area contributed by atoms with Gasteiger partial charge in [-0.2, -0.15) is 0 Å². The number of fused-ring (bicyclic) bond motifs is 2. The van der Waals surface area contributed by atoms with Gasteiger partial charge < -0.3 is 14.6 Å². The largest absolute Gasteiger partial charge is 0.508 e. The maximum absolute atomic E-state index is 13.2. The van der Waals surface area contributed by atoms with Gasteiger partial charge in [-0.1, -0.05) is 42.5 Å². The zero-order valence-electron chi connectivity index (χ0n) is 16.6. The smallest absolute Gasteiger partial charge is 0.298 e. The Hall–Kier alpha value is -4.16. The second kappa shape index (κ2) is 8.17. The summed E-state index contributed by atoms with van der Waals surface area (Å²) in [6.07, 6.45) is 0. The van der Waals surface area contributed by atoms with Crippen molar-refractivity contribution in [3.05, 3.63) is 95.4 Å². The SMILES string of the molecule is O=COc1ccc2cc(Oc3c(C(=O)c4ccccc4)sc4cc(O)ccc34)ccc2c1. The molecule has 0 aliphatic rings. The van der Waals surface area contributed by atoms with E-state index in [0.717, 1.165) is 20.9 Å². The summed E-state index contributed by atoms with van der Waals surface area (Å²) in [6, 6.07) is 24.8. The zero-order valence-corrected chi connectivity index (χ0v) is 17.5. The molecule has 5 nitrogen and oxygen atoms in total. The number of phenols is 1. The molecule has 0 atom stereocenters. The Balaban J connectivity index is 1.59. The van der Waals surface area contributed by atoms with Gasteiger partial charge in [-0.05, 0) is 53.2 Å². The number of aromatic hydroxyl groups is 1. The van der Waals surface area contributed by atoms with Crippen molar-refractivity contribution >= 4 is 44.5 Å². The number of hydrogen-bond acceptors (Lipinski definition) is 6. The van der Waals surface area contributed by atoms with Gasteiger partial charge in [0.1, 0.15) is 22.1 Å². The van der Waals surface area contributed by atoms with Gasteiger partial charge in [0.05, 0.1) is 0 Å². The summed E-state index contributed by atoms with van der Waals surface area (Å²) in [7, 11) is 0. The Kier molecular flexibility index (Phi) is 5.05. The van der Waals surface area contributed by atoms with Crippen LogP contribution in [0.25, 0.3) is 20.9 Å². The number of ketones is 1. The summed E-state index contributed by atoms with van der Waals surface area (Å²) in [5.41, 5.74) is 0.564. The lowest BCUT2D eigenvalue weighted by atomic mass is 10.1. The molecule has 0 aliphatic carbocycles. The molecular formula is C26H16O5S. The molecule has 32 heavy (non-hydrogen) atoms. The number of thiophene rings is 1. The van der Waals surface area contributed by atoms with Crippen LogP contribution in [-0.4, -0.2) is 17.4 Å². The van der Waals surface area contributed by atoms with Gasteiger partial charge in [0.25, 0.3) is 6.47 Å². The Labute approximate surface area is 187 Å². The average molecular weight is 440 g/mol. The highest BCUT2D eigenvalue weighted by Gasteiger charge is 2.22. The molecule has 4 aromatic carbocycles. The van der Waals surface area contributed by atoms with Crippen LogP contribution in [-0.2, 0) is 4.79 Å². The fourth-order valence-corrected chi connectivity index (χ4v) is 4.67. The van der Waals surface area contributed by atoms with Crippen molar-refractivity contribution in [1.82, 2.24) is 0 Å². The van der Waals surface area contributed by atoms with Gasteiger partial charge >= 0.3 is 0 Å². The van der Waals surface area contributed by atoms with Crippen molar-refractivity contribution in [1.29, 1.82) is 0 Å². The van der Waals surface area contributed by atoms with Gasteiger partial charge in [-0.25, -0.2) is 0 Å². The van der Waals surface area contributed by atoms with E-state index in [1.54, 1.807) is 48.5 Å². The van der Waals surface area contributed by atoms with Crippen LogP contribution >= 0.6 is 11.3 Å². The van der Waals surface area contributed by atoms with Crippen molar-refractivity contribution in [3.8, 4) is 23.0 Å². The number of carbonyl (C=O) groups is 2. The molecule has 0 spiro atoms. The Morgan fingerprint density at radius 2 is 1.56 bits per heavy atom. The fraction of sp³-hybridized carbons (Fsp3) is 0. The van der Waals surface area contributed by atoms with Crippen LogP contribution in [0.2, 0.25) is 0 Å². The second-order valence-electron chi connectivity index (χ2n) is 7.12. The van der Waals surface area contributed by atoms with Crippen molar-refractivity contribution in [2.75, 3.05) is 0 Å². The minimum atomic E-state index is -0.141. The highest BCUT2D eigenvalue weighted by molar-refractivity contribution is 7.21. The predicted octanol–water partition coefficient (Wildman–Crippen LogP) is 6.32. The summed E-state index contributed by atoms with van der Waals surface area (Å²) in [4.78, 5) is 24.3. The molecule has 0 aliphatic heterocycles. The number of hydrogen-bond donors (Lipinski definition) is 1. The fourth-order valence-electron chi connectivity index (χ4n) is 3.55. The molecule has 5 aromatic rings. The molecule has 0 radical (unpaired) electrons. The minimum absolute atomic E-state index is 0.128. The first kappa shape index (κ1) is 19.8. The highest BCUT2D eigenvalue weighted by atomic mass is 32.1. The lowest BCUT2D eigenvalue weighted by molar-refractivity contribution is -0.120. The van der Waals surface area contributed by atoms with Crippen LogP contribution in [0.4, 0.5) is 0 Å². The van der Waals surface area contributed by atoms with E-state index in [1.807, 2.05) is 36.4 Å². The van der Waals surface area contributed by atoms with Crippen LogP contribution < -0.4 is 9.47 Å². The van der Waals surface area contributed by atoms with Crippen molar-refractivity contribution in [2.24, 2.45) is 0 Å². The van der Waals surface area contributed by atoms with Crippen molar-refractivity contribution in [3.63, 3.8) is 0 Å². The number of phenolic OH excluding ortho intramolecular Hbond substituents is 1. The topological polar surface area (TPSA) is 72.8 Å². The quantitative estimate of drug-likeness (QED) is 0.247. The van der Waals surface area contributed by atoms with Crippen LogP contribution in [0, 0.1) is 0 Å². The third kappa shape index (κ3) is 3.68. The van der Waals surface area contributed by atoms with Gasteiger partial charge in [0.15, 0.2) is 5.75 Å². The maximum atomic E-state index is 13.2. The number of benzene rings is 4. The van der Waals surface area contributed by atoms with E-state index in [2.05, 4.69) is 0 Å². The lowest BCUT2D eigenvalue weighted by Gasteiger charge is -2.09. The maximum Gasteiger partial charge on any atom is 0.298 e. The summed E-state index contributed by atoms with van der Waals surface area (Å²) in [6.45, 7) is 0.392. The number of carbonyl (C=O) groups excluding carboxylic acids is 2. The molecule has 0 saturated heterocycles. The monoisotopic (exact) mass is 440 g/mol.